The molecule has 1 aromatic heterocycles. The highest BCUT2D eigenvalue weighted by Crippen LogP contribution is 2.48. The van der Waals surface area contributed by atoms with Crippen molar-refractivity contribution in [2.75, 3.05) is 65.3 Å². The lowest BCUT2D eigenvalue weighted by Crippen LogP contribution is -2.62. The van der Waals surface area contributed by atoms with Gasteiger partial charge in [-0.05, 0) is 83.4 Å². The molecule has 0 bridgehead atoms. The lowest BCUT2D eigenvalue weighted by Gasteiger charge is -2.46. The Hall–Kier alpha value is -2.80. The second kappa shape index (κ2) is 11.5. The average molecular weight is 606 g/mol. The maximum Gasteiger partial charge on any atom is 0.322 e. The first-order valence-corrected chi connectivity index (χ1v) is 16.9. The van der Waals surface area contributed by atoms with Crippen molar-refractivity contribution in [1.82, 2.24) is 29.5 Å². The van der Waals surface area contributed by atoms with Crippen LogP contribution < -0.4 is 5.32 Å². The number of aliphatic imine (C=N–C) groups is 1. The van der Waals surface area contributed by atoms with Crippen LogP contribution in [-0.2, 0) is 9.47 Å². The summed E-state index contributed by atoms with van der Waals surface area (Å²) >= 11 is 0. The number of hydrogen-bond donors (Lipinski definition) is 1. The first kappa shape index (κ1) is 28.7. The number of methoxy groups -OCH3 is 1. The van der Waals surface area contributed by atoms with Crippen LogP contribution in [0.25, 0.3) is 5.70 Å². The van der Waals surface area contributed by atoms with Crippen LogP contribution in [0.3, 0.4) is 0 Å². The third-order valence-corrected chi connectivity index (χ3v) is 11.0. The van der Waals surface area contributed by atoms with E-state index in [2.05, 4.69) is 44.4 Å². The van der Waals surface area contributed by atoms with Gasteiger partial charge in [0.05, 0.1) is 35.3 Å². The van der Waals surface area contributed by atoms with Gasteiger partial charge in [-0.1, -0.05) is 0 Å². The van der Waals surface area contributed by atoms with E-state index in [1.807, 2.05) is 10.9 Å². The molecule has 2 amide bonds. The molecule has 1 N–H and O–H groups in total. The Balaban J connectivity index is 1.08. The van der Waals surface area contributed by atoms with Crippen LogP contribution in [0, 0.1) is 11.8 Å². The zero-order valence-electron chi connectivity index (χ0n) is 26.2. The second-order valence-electron chi connectivity index (χ2n) is 14.1. The standard InChI is InChI=1S/C32H47N9O3/c1-37-13-8-22(17-37)18-41-30(38-19-23(20-38)43-2)24-16-33-26(15-25(24)35-41)29-27(21-40(36-29)28-7-3-6-14-44-28)34-31(42)39-12-5-4-9-32(39)10-11-32/h15-16,21-24,28,30H,3-14,17-20H2,1-2H3,(H,34,42). The van der Waals surface area contributed by atoms with Crippen molar-refractivity contribution in [3.05, 3.63) is 18.0 Å². The first-order chi connectivity index (χ1) is 21.5. The Morgan fingerprint density at radius 2 is 2.00 bits per heavy atom. The number of rotatable bonds is 7. The van der Waals surface area contributed by atoms with Gasteiger partial charge in [0.15, 0.2) is 0 Å². The van der Waals surface area contributed by atoms with Gasteiger partial charge >= 0.3 is 6.03 Å². The minimum Gasteiger partial charge on any atom is -0.379 e. The zero-order chi connectivity index (χ0) is 29.8. The number of ether oxygens (including phenoxy) is 2. The van der Waals surface area contributed by atoms with Gasteiger partial charge in [-0.25, -0.2) is 9.48 Å². The van der Waals surface area contributed by atoms with E-state index in [0.717, 1.165) is 102 Å². The zero-order valence-corrected chi connectivity index (χ0v) is 26.2. The molecule has 0 radical (unpaired) electrons. The molecule has 4 atom stereocenters. The van der Waals surface area contributed by atoms with Crippen LogP contribution in [0.4, 0.5) is 10.5 Å². The second-order valence-corrected chi connectivity index (χ2v) is 14.1. The van der Waals surface area contributed by atoms with E-state index >= 15 is 0 Å². The molecule has 5 fully saturated rings. The number of carbonyl (C=O) groups excluding carboxylic acids is 1. The van der Waals surface area contributed by atoms with E-state index < -0.39 is 0 Å². The number of amides is 2. The Bertz CT molecular complexity index is 1340. The number of allylic oxidation sites excluding steroid dienone is 1. The summed E-state index contributed by atoms with van der Waals surface area (Å²) in [6.07, 6.45) is 16.3. The predicted octanol–water partition coefficient (Wildman–Crippen LogP) is 3.45. The number of nitrogens with one attached hydrogen (secondary N) is 1. The number of hydrogen-bond acceptors (Lipinski definition) is 9. The van der Waals surface area contributed by atoms with E-state index in [0.29, 0.717) is 17.3 Å². The van der Waals surface area contributed by atoms with Crippen molar-refractivity contribution >= 4 is 29.3 Å². The summed E-state index contributed by atoms with van der Waals surface area (Å²) in [5.74, 6) is 0.685. The van der Waals surface area contributed by atoms with Crippen molar-refractivity contribution in [3.8, 4) is 0 Å². The van der Waals surface area contributed by atoms with E-state index in [1.54, 1.807) is 7.11 Å². The highest BCUT2D eigenvalue weighted by molar-refractivity contribution is 6.14. The van der Waals surface area contributed by atoms with Crippen LogP contribution in [0.15, 0.2) is 22.4 Å². The minimum atomic E-state index is -0.132. The lowest BCUT2D eigenvalue weighted by molar-refractivity contribution is -0.0902. The number of anilines is 1. The molecule has 4 saturated heterocycles. The van der Waals surface area contributed by atoms with Gasteiger partial charge in [0, 0.05) is 58.2 Å². The normalized spacial score (nSPS) is 32.0. The Labute approximate surface area is 260 Å². The van der Waals surface area contributed by atoms with Crippen LogP contribution in [-0.4, -0.2) is 125 Å². The van der Waals surface area contributed by atoms with Gasteiger partial charge in [-0.3, -0.25) is 14.9 Å². The fraction of sp³-hybridized carbons (Fsp3) is 0.750. The third kappa shape index (κ3) is 5.27. The third-order valence-electron chi connectivity index (χ3n) is 11.0. The minimum absolute atomic E-state index is 0.0257. The monoisotopic (exact) mass is 605 g/mol. The molecule has 1 spiro atoms. The molecule has 238 valence electrons. The summed E-state index contributed by atoms with van der Waals surface area (Å²) in [4.78, 5) is 25.7. The summed E-state index contributed by atoms with van der Waals surface area (Å²) in [6.45, 7) is 6.55. The molecule has 1 aromatic rings. The van der Waals surface area contributed by atoms with Crippen molar-refractivity contribution in [3.63, 3.8) is 0 Å². The molecular weight excluding hydrogens is 558 g/mol. The number of piperidine rings is 1. The molecule has 1 aliphatic carbocycles. The molecule has 12 heteroatoms. The van der Waals surface area contributed by atoms with Crippen molar-refractivity contribution in [1.29, 1.82) is 0 Å². The summed E-state index contributed by atoms with van der Waals surface area (Å²) < 4.78 is 13.6. The maximum absolute atomic E-state index is 13.7. The van der Waals surface area contributed by atoms with E-state index in [1.165, 1.54) is 12.8 Å². The van der Waals surface area contributed by atoms with E-state index in [9.17, 15) is 4.79 Å². The van der Waals surface area contributed by atoms with E-state index in [4.69, 9.17) is 24.7 Å². The van der Waals surface area contributed by atoms with Gasteiger partial charge in [0.25, 0.3) is 0 Å². The number of carbonyl (C=O) groups is 1. The van der Waals surface area contributed by atoms with Gasteiger partial charge in [-0.2, -0.15) is 10.2 Å². The summed E-state index contributed by atoms with van der Waals surface area (Å²) in [7, 11) is 4.00. The van der Waals surface area contributed by atoms with Crippen molar-refractivity contribution < 1.29 is 14.3 Å². The van der Waals surface area contributed by atoms with Crippen LogP contribution >= 0.6 is 0 Å². The molecule has 44 heavy (non-hydrogen) atoms. The fourth-order valence-corrected chi connectivity index (χ4v) is 8.21. The summed E-state index contributed by atoms with van der Waals surface area (Å²) in [6, 6.07) is -0.0257. The van der Waals surface area contributed by atoms with Gasteiger partial charge in [-0.15, -0.1) is 0 Å². The Morgan fingerprint density at radius 3 is 2.75 bits per heavy atom. The van der Waals surface area contributed by atoms with Crippen LogP contribution in [0.5, 0.6) is 0 Å². The number of hydrazone groups is 1. The number of nitrogens with zero attached hydrogens (tertiary/aromatic N) is 8. The molecule has 0 aromatic carbocycles. The lowest BCUT2D eigenvalue weighted by atomic mass is 9.94. The molecular formula is C32H47N9O3. The molecule has 7 aliphatic rings. The quantitative estimate of drug-likeness (QED) is 0.508. The predicted molar refractivity (Wildman–Crippen MR) is 168 cm³/mol. The maximum atomic E-state index is 13.7. The SMILES string of the molecule is COC1CN(C2C3C=NC(c4nn(C5CCCCO5)cc4NC(=O)N4CCCCC45CC5)=CC3=NN2CC2CCN(C)C2)C1. The largest absolute Gasteiger partial charge is 0.379 e. The average Bonchev–Trinajstić information content (AvgIpc) is 3.31. The number of aromatic nitrogens is 2. The summed E-state index contributed by atoms with van der Waals surface area (Å²) in [5.41, 5.74) is 3.19. The smallest absolute Gasteiger partial charge is 0.322 e. The van der Waals surface area contributed by atoms with Crippen molar-refractivity contribution in [2.45, 2.75) is 81.8 Å². The van der Waals surface area contributed by atoms with Gasteiger partial charge in [0.1, 0.15) is 18.1 Å². The van der Waals surface area contributed by atoms with Crippen LogP contribution in [0.2, 0.25) is 0 Å². The van der Waals surface area contributed by atoms with Crippen LogP contribution in [0.1, 0.15) is 69.7 Å². The molecule has 8 rings (SSSR count). The van der Waals surface area contributed by atoms with Gasteiger partial charge in [0.2, 0.25) is 0 Å². The Morgan fingerprint density at radius 1 is 1.11 bits per heavy atom. The molecule has 1 saturated carbocycles. The number of urea groups is 1. The summed E-state index contributed by atoms with van der Waals surface area (Å²) in [5, 5.41) is 15.8. The fourth-order valence-electron chi connectivity index (χ4n) is 8.21. The van der Waals surface area contributed by atoms with Gasteiger partial charge < -0.3 is 24.6 Å². The van der Waals surface area contributed by atoms with Crippen molar-refractivity contribution in [2.24, 2.45) is 21.9 Å². The molecule has 6 aliphatic heterocycles. The highest BCUT2D eigenvalue weighted by Gasteiger charge is 2.51. The number of fused-ring (bicyclic) bond motifs is 1. The first-order valence-electron chi connectivity index (χ1n) is 16.9. The molecule has 7 heterocycles. The molecule has 12 nitrogen and oxygen atoms in total. The van der Waals surface area contributed by atoms with E-state index in [-0.39, 0.29) is 36.0 Å². The Kier molecular flexibility index (Phi) is 7.51. The number of likely N-dealkylation sites (tertiary alicyclic amines) is 3. The highest BCUT2D eigenvalue weighted by atomic mass is 16.5. The molecule has 4 unspecified atom stereocenters. The topological polar surface area (TPSA) is 103 Å².